The zero-order valence-corrected chi connectivity index (χ0v) is 31.6. The predicted octanol–water partition coefficient (Wildman–Crippen LogP) is 5.36. The highest BCUT2D eigenvalue weighted by molar-refractivity contribution is 5.97. The largest absolute Gasteiger partial charge is 0.490 e. The maximum Gasteiger partial charge on any atom is 0.282 e. The number of alkyl halides is 2. The fourth-order valence-electron chi connectivity index (χ4n) is 9.78. The van der Waals surface area contributed by atoms with Crippen molar-refractivity contribution in [1.29, 1.82) is 0 Å². The third-order valence-electron chi connectivity index (χ3n) is 12.6. The molecule has 4 aliphatic heterocycles. The number of halogens is 3. The van der Waals surface area contributed by atoms with Gasteiger partial charge < -0.3 is 28.9 Å². The third-order valence-corrected chi connectivity index (χ3v) is 12.6. The second-order valence-electron chi connectivity index (χ2n) is 17.2. The van der Waals surface area contributed by atoms with Crippen LogP contribution in [-0.2, 0) is 17.7 Å². The first kappa shape index (κ1) is 36.6. The number of nitrogens with zero attached hydrogens (tertiary/aromatic N) is 8. The normalized spacial score (nSPS) is 22.8. The molecule has 12 nitrogen and oxygen atoms in total. The van der Waals surface area contributed by atoms with Crippen molar-refractivity contribution in [3.63, 3.8) is 0 Å². The van der Waals surface area contributed by atoms with Crippen LogP contribution in [0.4, 0.5) is 19.0 Å². The van der Waals surface area contributed by atoms with Crippen LogP contribution in [-0.4, -0.2) is 124 Å². The van der Waals surface area contributed by atoms with Crippen LogP contribution in [0, 0.1) is 16.6 Å². The molecule has 294 valence electrons. The van der Waals surface area contributed by atoms with Gasteiger partial charge in [-0.25, -0.2) is 18.2 Å². The minimum Gasteiger partial charge on any atom is -0.490 e. The molecular formula is C40H49F3N8O4. The topological polar surface area (TPSA) is 109 Å². The van der Waals surface area contributed by atoms with E-state index in [1.54, 1.807) is 13.8 Å². The lowest BCUT2D eigenvalue weighted by molar-refractivity contribution is -0.120. The van der Waals surface area contributed by atoms with Crippen molar-refractivity contribution in [3.8, 4) is 17.4 Å². The number of benzene rings is 1. The average molecular weight is 763 g/mol. The smallest absolute Gasteiger partial charge is 0.282 e. The molecule has 1 amide bonds. The first-order valence-corrected chi connectivity index (χ1v) is 19.7. The van der Waals surface area contributed by atoms with Crippen molar-refractivity contribution in [2.75, 3.05) is 63.9 Å². The van der Waals surface area contributed by atoms with Crippen LogP contribution in [0.5, 0.6) is 17.4 Å². The molecule has 2 aromatic heterocycles. The highest BCUT2D eigenvalue weighted by Gasteiger charge is 2.55. The lowest BCUT2D eigenvalue weighted by Crippen LogP contribution is -2.65. The maximum atomic E-state index is 14.5. The van der Waals surface area contributed by atoms with E-state index in [-0.39, 0.29) is 34.8 Å². The lowest BCUT2D eigenvalue weighted by atomic mass is 9.61. The summed E-state index contributed by atoms with van der Waals surface area (Å²) in [7, 11) is 0. The molecular weight excluding hydrogens is 713 g/mol. The zero-order chi connectivity index (χ0) is 38.0. The third kappa shape index (κ3) is 7.23. The van der Waals surface area contributed by atoms with Gasteiger partial charge in [-0.1, -0.05) is 0 Å². The number of ether oxygens (including phenoxy) is 3. The van der Waals surface area contributed by atoms with Gasteiger partial charge in [0.25, 0.3) is 17.7 Å². The Kier molecular flexibility index (Phi) is 9.40. The summed E-state index contributed by atoms with van der Waals surface area (Å²) in [4.78, 5) is 31.5. The van der Waals surface area contributed by atoms with Gasteiger partial charge in [0.1, 0.15) is 29.7 Å². The number of amides is 1. The number of carbonyl (C=O) groups is 1. The SMILES string of the molecule is CC(C)N(C(=O)c1cc(F)ccc1Oc1nncnc1N1CC2(CC(Oc3ccnc4c3CN(CCCN3CC5(CCOC5)C3)CC4)C2)C1)C1CC(F)(F)C1. The molecule has 2 saturated carbocycles. The fourth-order valence-corrected chi connectivity index (χ4v) is 9.78. The lowest BCUT2D eigenvalue weighted by Gasteiger charge is -2.58. The van der Waals surface area contributed by atoms with Gasteiger partial charge in [0.15, 0.2) is 5.82 Å². The first-order chi connectivity index (χ1) is 26.5. The van der Waals surface area contributed by atoms with Gasteiger partial charge >= 0.3 is 0 Å². The first-order valence-electron chi connectivity index (χ1n) is 19.7. The molecule has 6 aliphatic rings. The van der Waals surface area contributed by atoms with E-state index in [1.807, 2.05) is 12.3 Å². The summed E-state index contributed by atoms with van der Waals surface area (Å²) >= 11 is 0. The van der Waals surface area contributed by atoms with E-state index in [0.717, 1.165) is 95.7 Å². The van der Waals surface area contributed by atoms with Gasteiger partial charge in [0.05, 0.1) is 12.2 Å². The Morgan fingerprint density at radius 2 is 1.82 bits per heavy atom. The minimum atomic E-state index is -2.82. The molecule has 6 heterocycles. The molecule has 0 unspecified atom stereocenters. The van der Waals surface area contributed by atoms with Crippen LogP contribution in [0.3, 0.4) is 0 Å². The molecule has 9 rings (SSSR count). The van der Waals surface area contributed by atoms with Crippen molar-refractivity contribution >= 4 is 11.7 Å². The van der Waals surface area contributed by atoms with Crippen molar-refractivity contribution in [2.45, 2.75) is 89.4 Å². The fraction of sp³-hybridized carbons (Fsp3) is 0.625. The summed E-state index contributed by atoms with van der Waals surface area (Å²) in [6.07, 6.45) is 7.57. The van der Waals surface area contributed by atoms with Crippen molar-refractivity contribution in [1.82, 2.24) is 34.9 Å². The average Bonchev–Trinajstić information content (AvgIpc) is 3.59. The highest BCUT2D eigenvalue weighted by atomic mass is 19.3. The molecule has 0 radical (unpaired) electrons. The molecule has 3 saturated heterocycles. The van der Waals surface area contributed by atoms with Crippen molar-refractivity contribution < 1.29 is 32.2 Å². The molecule has 1 aromatic carbocycles. The number of hydrogen-bond acceptors (Lipinski definition) is 11. The number of fused-ring (bicyclic) bond motifs is 1. The van der Waals surface area contributed by atoms with Crippen LogP contribution in [0.2, 0.25) is 0 Å². The number of rotatable bonds is 12. The van der Waals surface area contributed by atoms with Crippen LogP contribution in [0.1, 0.15) is 74.0 Å². The summed E-state index contributed by atoms with van der Waals surface area (Å²) in [6.45, 7) is 13.2. The Morgan fingerprint density at radius 3 is 2.56 bits per heavy atom. The molecule has 2 aliphatic carbocycles. The molecule has 15 heteroatoms. The van der Waals surface area contributed by atoms with E-state index in [9.17, 15) is 18.0 Å². The summed E-state index contributed by atoms with van der Waals surface area (Å²) in [5.74, 6) is -2.48. The van der Waals surface area contributed by atoms with Crippen molar-refractivity contribution in [2.24, 2.45) is 10.8 Å². The Balaban J connectivity index is 0.795. The Labute approximate surface area is 319 Å². The summed E-state index contributed by atoms with van der Waals surface area (Å²) < 4.78 is 60.5. The van der Waals surface area contributed by atoms with Gasteiger partial charge in [0.2, 0.25) is 0 Å². The van der Waals surface area contributed by atoms with Crippen LogP contribution < -0.4 is 14.4 Å². The molecule has 0 atom stereocenters. The van der Waals surface area contributed by atoms with Crippen molar-refractivity contribution in [3.05, 3.63) is 59.4 Å². The monoisotopic (exact) mass is 762 g/mol. The van der Waals surface area contributed by atoms with Crippen LogP contribution in [0.25, 0.3) is 0 Å². The maximum absolute atomic E-state index is 14.5. The highest BCUT2D eigenvalue weighted by Crippen LogP contribution is 2.52. The standard InChI is InChI=1S/C40H49F3N8O4/c1-26(2)51(28-15-40(42,43)16-28)37(52)30-14-27(41)4-5-33(30)55-36-35(45-25-46-47-36)50-22-39(23-50)17-29(18-39)54-34-6-9-44-32-7-12-48(19-31(32)34)10-3-11-49-20-38(21-49)8-13-53-24-38/h4-6,9,14,25-26,28-29H,3,7-8,10-13,15-24H2,1-2H3. The number of pyridine rings is 1. The van der Waals surface area contributed by atoms with E-state index in [0.29, 0.717) is 11.2 Å². The molecule has 2 spiro atoms. The van der Waals surface area contributed by atoms with E-state index < -0.39 is 36.5 Å². The molecule has 0 N–H and O–H groups in total. The number of aromatic nitrogens is 4. The van der Waals surface area contributed by atoms with Gasteiger partial charge in [-0.15, -0.1) is 10.2 Å². The van der Waals surface area contributed by atoms with Gasteiger partial charge in [-0.2, -0.15) is 0 Å². The molecule has 3 aromatic rings. The van der Waals surface area contributed by atoms with Gasteiger partial charge in [0, 0.05) is 106 Å². The Bertz CT molecular complexity index is 1900. The number of anilines is 1. The predicted molar refractivity (Wildman–Crippen MR) is 196 cm³/mol. The molecule has 5 fully saturated rings. The van der Waals surface area contributed by atoms with E-state index in [2.05, 4.69) is 29.9 Å². The minimum absolute atomic E-state index is 0.0576. The number of carbonyl (C=O) groups excluding carboxylic acids is 1. The molecule has 0 bridgehead atoms. The van der Waals surface area contributed by atoms with E-state index in [1.165, 1.54) is 48.4 Å². The van der Waals surface area contributed by atoms with Gasteiger partial charge in [-0.05, 0) is 76.9 Å². The second kappa shape index (κ2) is 14.1. The van der Waals surface area contributed by atoms with Crippen LogP contribution in [0.15, 0.2) is 36.8 Å². The summed E-state index contributed by atoms with van der Waals surface area (Å²) in [5.41, 5.74) is 2.79. The molecule has 55 heavy (non-hydrogen) atoms. The quantitative estimate of drug-likeness (QED) is 0.238. The summed E-state index contributed by atoms with van der Waals surface area (Å²) in [5, 5.41) is 8.10. The number of likely N-dealkylation sites (tertiary alicyclic amines) is 1. The summed E-state index contributed by atoms with van der Waals surface area (Å²) in [6, 6.07) is 4.60. The van der Waals surface area contributed by atoms with Crippen LogP contribution >= 0.6 is 0 Å². The van der Waals surface area contributed by atoms with Gasteiger partial charge in [-0.3, -0.25) is 14.7 Å². The zero-order valence-electron chi connectivity index (χ0n) is 31.6. The Hall–Kier alpha value is -4.08. The Morgan fingerprint density at radius 1 is 1.02 bits per heavy atom. The van der Waals surface area contributed by atoms with E-state index >= 15 is 0 Å². The second-order valence-corrected chi connectivity index (χ2v) is 17.2. The van der Waals surface area contributed by atoms with E-state index in [4.69, 9.17) is 19.2 Å². The number of hydrogen-bond donors (Lipinski definition) is 0.